The van der Waals surface area contributed by atoms with Crippen LogP contribution in [0.4, 0.5) is 5.69 Å². The molecule has 0 aliphatic carbocycles. The molecule has 0 unspecified atom stereocenters. The minimum Gasteiger partial charge on any atom is -0.371 e. The molecule has 0 aromatic carbocycles. The molecule has 3 rings (SSSR count). The fourth-order valence-electron chi connectivity index (χ4n) is 2.00. The van der Waals surface area contributed by atoms with Crippen LogP contribution in [0.15, 0.2) is 51.9 Å². The van der Waals surface area contributed by atoms with Crippen molar-refractivity contribution < 1.29 is 0 Å². The van der Waals surface area contributed by atoms with E-state index in [1.165, 1.54) is 9.75 Å². The first-order valence-corrected chi connectivity index (χ1v) is 8.75. The van der Waals surface area contributed by atoms with Crippen LogP contribution >= 0.6 is 38.6 Å². The van der Waals surface area contributed by atoms with Gasteiger partial charge in [-0.25, -0.2) is 4.98 Å². The molecule has 0 aliphatic heterocycles. The third-order valence-electron chi connectivity index (χ3n) is 2.98. The first kappa shape index (κ1) is 13.8. The van der Waals surface area contributed by atoms with Gasteiger partial charge in [-0.15, -0.1) is 22.7 Å². The van der Waals surface area contributed by atoms with Crippen molar-refractivity contribution >= 4 is 44.3 Å². The van der Waals surface area contributed by atoms with Crippen LogP contribution in [-0.4, -0.2) is 4.98 Å². The van der Waals surface area contributed by atoms with E-state index < -0.39 is 0 Å². The number of rotatable bonds is 4. The Morgan fingerprint density at radius 3 is 2.30 bits per heavy atom. The summed E-state index contributed by atoms with van der Waals surface area (Å²) >= 11 is 6.98. The first-order chi connectivity index (χ1) is 9.74. The van der Waals surface area contributed by atoms with Gasteiger partial charge < -0.3 is 5.32 Å². The minimum absolute atomic E-state index is 0.192. The lowest BCUT2D eigenvalue weighted by Crippen LogP contribution is -2.10. The highest BCUT2D eigenvalue weighted by atomic mass is 79.9. The molecule has 102 valence electrons. The first-order valence-electron chi connectivity index (χ1n) is 6.19. The third-order valence-corrected chi connectivity index (χ3v) is 5.69. The van der Waals surface area contributed by atoms with Crippen LogP contribution in [0.5, 0.6) is 0 Å². The Morgan fingerprint density at radius 2 is 1.80 bits per heavy atom. The number of pyridine rings is 1. The van der Waals surface area contributed by atoms with Gasteiger partial charge >= 0.3 is 0 Å². The second-order valence-corrected chi connectivity index (χ2v) is 7.15. The molecule has 0 bridgehead atoms. The maximum atomic E-state index is 4.36. The number of hydrogen-bond donors (Lipinski definition) is 1. The molecule has 3 aromatic rings. The van der Waals surface area contributed by atoms with Gasteiger partial charge in [0.25, 0.3) is 0 Å². The van der Waals surface area contributed by atoms with Crippen LogP contribution in [0, 0.1) is 6.92 Å². The van der Waals surface area contributed by atoms with Crippen LogP contribution in [0.25, 0.3) is 0 Å². The zero-order chi connectivity index (χ0) is 13.9. The largest absolute Gasteiger partial charge is 0.371 e. The van der Waals surface area contributed by atoms with Crippen molar-refractivity contribution in [1.29, 1.82) is 0 Å². The highest BCUT2D eigenvalue weighted by Gasteiger charge is 2.16. The quantitative estimate of drug-likeness (QED) is 0.620. The van der Waals surface area contributed by atoms with Gasteiger partial charge in [0.2, 0.25) is 0 Å². The predicted molar refractivity (Wildman–Crippen MR) is 90.8 cm³/mol. The van der Waals surface area contributed by atoms with Crippen LogP contribution in [0.3, 0.4) is 0 Å². The van der Waals surface area contributed by atoms with E-state index in [4.69, 9.17) is 0 Å². The molecule has 3 aromatic heterocycles. The van der Waals surface area contributed by atoms with Gasteiger partial charge in [-0.1, -0.05) is 12.1 Å². The Balaban J connectivity index is 1.92. The summed E-state index contributed by atoms with van der Waals surface area (Å²) in [5.41, 5.74) is 2.17. The van der Waals surface area contributed by atoms with Crippen LogP contribution < -0.4 is 5.32 Å². The van der Waals surface area contributed by atoms with E-state index in [0.29, 0.717) is 0 Å². The van der Waals surface area contributed by atoms with E-state index in [0.717, 1.165) is 15.9 Å². The van der Waals surface area contributed by atoms with Crippen molar-refractivity contribution in [3.63, 3.8) is 0 Å². The van der Waals surface area contributed by atoms with Gasteiger partial charge in [0.15, 0.2) is 0 Å². The summed E-state index contributed by atoms with van der Waals surface area (Å²) < 4.78 is 0.895. The fraction of sp³-hybridized carbons (Fsp3) is 0.133. The van der Waals surface area contributed by atoms with E-state index in [-0.39, 0.29) is 6.04 Å². The van der Waals surface area contributed by atoms with Crippen LogP contribution in [-0.2, 0) is 0 Å². The molecule has 3 heterocycles. The molecule has 0 saturated carbocycles. The number of hydrogen-bond acceptors (Lipinski definition) is 4. The summed E-state index contributed by atoms with van der Waals surface area (Å²) in [6, 6.07) is 10.8. The Hall–Kier alpha value is -1.17. The number of halogens is 1. The van der Waals surface area contributed by atoms with Crippen molar-refractivity contribution in [3.8, 4) is 0 Å². The zero-order valence-electron chi connectivity index (χ0n) is 10.8. The summed E-state index contributed by atoms with van der Waals surface area (Å²) in [6.07, 6.45) is 1.87. The fourth-order valence-corrected chi connectivity index (χ4v) is 3.88. The summed E-state index contributed by atoms with van der Waals surface area (Å²) in [4.78, 5) is 6.98. The Kier molecular flexibility index (Phi) is 4.19. The number of aryl methyl sites for hydroxylation is 1. The maximum absolute atomic E-state index is 4.36. The van der Waals surface area contributed by atoms with E-state index in [1.54, 1.807) is 22.7 Å². The summed E-state index contributed by atoms with van der Waals surface area (Å²) in [5.74, 6) is 0. The molecule has 0 spiro atoms. The van der Waals surface area contributed by atoms with Crippen LogP contribution in [0.2, 0.25) is 0 Å². The lowest BCUT2D eigenvalue weighted by molar-refractivity contribution is 0.986. The van der Waals surface area contributed by atoms with Crippen molar-refractivity contribution in [1.82, 2.24) is 4.98 Å². The highest BCUT2D eigenvalue weighted by molar-refractivity contribution is 9.10. The molecular formula is C15H13BrN2S2. The summed E-state index contributed by atoms with van der Waals surface area (Å²) in [5, 5.41) is 7.82. The van der Waals surface area contributed by atoms with Gasteiger partial charge in [0.1, 0.15) is 4.60 Å². The summed E-state index contributed by atoms with van der Waals surface area (Å²) in [6.45, 7) is 2.05. The zero-order valence-corrected chi connectivity index (χ0v) is 14.1. The smallest absolute Gasteiger partial charge is 0.109 e. The Labute approximate surface area is 134 Å². The number of nitrogens with zero attached hydrogens (tertiary/aromatic N) is 1. The van der Waals surface area contributed by atoms with Crippen LogP contribution in [0.1, 0.15) is 21.4 Å². The topological polar surface area (TPSA) is 24.9 Å². The average molecular weight is 365 g/mol. The van der Waals surface area contributed by atoms with Gasteiger partial charge in [-0.05, 0) is 57.4 Å². The minimum atomic E-state index is 0.192. The molecule has 20 heavy (non-hydrogen) atoms. The normalized spacial score (nSPS) is 10.9. The molecule has 0 aliphatic rings. The second kappa shape index (κ2) is 6.08. The number of thiophene rings is 2. The maximum Gasteiger partial charge on any atom is 0.109 e. The van der Waals surface area contributed by atoms with E-state index in [1.807, 2.05) is 13.1 Å². The van der Waals surface area contributed by atoms with Crippen molar-refractivity contribution in [2.75, 3.05) is 5.32 Å². The lowest BCUT2D eigenvalue weighted by Gasteiger charge is -2.17. The standard InChI is InChI=1S/C15H13BrN2S2/c1-10-8-11(9-17-15(10)16)18-14(12-4-2-6-19-12)13-5-3-7-20-13/h2-9,14,18H,1H3. The monoisotopic (exact) mass is 364 g/mol. The molecule has 0 atom stereocenters. The van der Waals surface area contributed by atoms with Gasteiger partial charge in [-0.3, -0.25) is 0 Å². The van der Waals surface area contributed by atoms with E-state index >= 15 is 0 Å². The molecule has 0 saturated heterocycles. The SMILES string of the molecule is Cc1cc(NC(c2cccs2)c2cccs2)cnc1Br. The third kappa shape index (κ3) is 2.95. The molecule has 2 nitrogen and oxygen atoms in total. The molecule has 0 amide bonds. The molecule has 1 N–H and O–H groups in total. The van der Waals surface area contributed by atoms with Crippen molar-refractivity contribution in [2.24, 2.45) is 0 Å². The number of anilines is 1. The second-order valence-electron chi connectivity index (χ2n) is 4.44. The predicted octanol–water partition coefficient (Wildman–Crippen LogP) is 5.48. The van der Waals surface area contributed by atoms with Gasteiger partial charge in [0, 0.05) is 9.75 Å². The Bertz CT molecular complexity index is 644. The molecule has 5 heteroatoms. The van der Waals surface area contributed by atoms with E-state index in [2.05, 4.69) is 67.3 Å². The molecule has 0 radical (unpaired) electrons. The van der Waals surface area contributed by atoms with Gasteiger partial charge in [-0.2, -0.15) is 0 Å². The summed E-state index contributed by atoms with van der Waals surface area (Å²) in [7, 11) is 0. The average Bonchev–Trinajstić information content (AvgIpc) is 3.12. The van der Waals surface area contributed by atoms with E-state index in [9.17, 15) is 0 Å². The number of aromatic nitrogens is 1. The molecule has 0 fully saturated rings. The van der Waals surface area contributed by atoms with Crippen molar-refractivity contribution in [2.45, 2.75) is 13.0 Å². The Morgan fingerprint density at radius 1 is 1.15 bits per heavy atom. The lowest BCUT2D eigenvalue weighted by atomic mass is 10.2. The molecular weight excluding hydrogens is 352 g/mol. The van der Waals surface area contributed by atoms with Gasteiger partial charge in [0.05, 0.1) is 17.9 Å². The highest BCUT2D eigenvalue weighted by Crippen LogP contribution is 2.32. The number of nitrogens with one attached hydrogen (secondary N) is 1. The van der Waals surface area contributed by atoms with Crippen molar-refractivity contribution in [3.05, 3.63) is 67.2 Å².